The highest BCUT2D eigenvalue weighted by Gasteiger charge is 2.19. The fraction of sp³-hybridized carbons (Fsp3) is 0.429. The molecule has 0 fully saturated rings. The van der Waals surface area contributed by atoms with Gasteiger partial charge < -0.3 is 15.8 Å². The SMILES string of the molecule is CCNC(=O)c1ccc(C(=O)OC(C)(C)C)cc1N. The number of rotatable bonds is 3. The van der Waals surface area contributed by atoms with Crippen LogP contribution in [0.15, 0.2) is 18.2 Å². The van der Waals surface area contributed by atoms with Gasteiger partial charge in [0.25, 0.3) is 5.91 Å². The van der Waals surface area contributed by atoms with Crippen molar-refractivity contribution in [3.63, 3.8) is 0 Å². The Kier molecular flexibility index (Phi) is 4.53. The number of nitrogen functional groups attached to an aromatic ring is 1. The van der Waals surface area contributed by atoms with Gasteiger partial charge in [-0.25, -0.2) is 4.79 Å². The molecule has 0 aliphatic rings. The smallest absolute Gasteiger partial charge is 0.338 e. The molecular weight excluding hydrogens is 244 g/mol. The number of esters is 1. The normalized spacial score (nSPS) is 10.9. The summed E-state index contributed by atoms with van der Waals surface area (Å²) in [6.45, 7) is 7.71. The Morgan fingerprint density at radius 1 is 1.32 bits per heavy atom. The molecule has 0 spiro atoms. The van der Waals surface area contributed by atoms with Gasteiger partial charge in [-0.05, 0) is 45.9 Å². The second-order valence-corrected chi connectivity index (χ2v) is 5.16. The molecule has 0 unspecified atom stereocenters. The molecule has 1 aromatic carbocycles. The second kappa shape index (κ2) is 5.73. The maximum absolute atomic E-state index is 11.8. The summed E-state index contributed by atoms with van der Waals surface area (Å²) in [6.07, 6.45) is 0. The lowest BCUT2D eigenvalue weighted by molar-refractivity contribution is 0.00694. The summed E-state index contributed by atoms with van der Waals surface area (Å²) in [5, 5.41) is 2.65. The third-order valence-electron chi connectivity index (χ3n) is 2.27. The van der Waals surface area contributed by atoms with Crippen LogP contribution in [0.5, 0.6) is 0 Å². The third-order valence-corrected chi connectivity index (χ3v) is 2.27. The van der Waals surface area contributed by atoms with Gasteiger partial charge in [-0.15, -0.1) is 0 Å². The minimum Gasteiger partial charge on any atom is -0.456 e. The summed E-state index contributed by atoms with van der Waals surface area (Å²) >= 11 is 0. The number of nitrogens with two attached hydrogens (primary N) is 1. The molecule has 0 bridgehead atoms. The van der Waals surface area contributed by atoms with Crippen LogP contribution in [0, 0.1) is 0 Å². The highest BCUT2D eigenvalue weighted by atomic mass is 16.6. The first kappa shape index (κ1) is 15.0. The Morgan fingerprint density at radius 2 is 1.95 bits per heavy atom. The Bertz CT molecular complexity index is 490. The molecule has 0 aliphatic heterocycles. The predicted octanol–water partition coefficient (Wildman–Crippen LogP) is 1.97. The van der Waals surface area contributed by atoms with E-state index in [2.05, 4.69) is 5.32 Å². The van der Waals surface area contributed by atoms with E-state index in [0.717, 1.165) is 0 Å². The molecule has 3 N–H and O–H groups in total. The number of amides is 1. The minimum absolute atomic E-state index is 0.254. The summed E-state index contributed by atoms with van der Waals surface area (Å²) in [5.41, 5.74) is 6.17. The van der Waals surface area contributed by atoms with Gasteiger partial charge >= 0.3 is 5.97 Å². The molecule has 5 heteroatoms. The van der Waals surface area contributed by atoms with Crippen molar-refractivity contribution in [3.8, 4) is 0 Å². The van der Waals surface area contributed by atoms with Crippen LogP contribution in [0.1, 0.15) is 48.4 Å². The zero-order chi connectivity index (χ0) is 14.6. The van der Waals surface area contributed by atoms with Gasteiger partial charge in [0.1, 0.15) is 5.60 Å². The molecule has 0 radical (unpaired) electrons. The molecule has 1 aromatic rings. The number of anilines is 1. The van der Waals surface area contributed by atoms with Crippen LogP contribution in [0.3, 0.4) is 0 Å². The molecule has 0 aromatic heterocycles. The van der Waals surface area contributed by atoms with Crippen molar-refractivity contribution >= 4 is 17.6 Å². The van der Waals surface area contributed by atoms with Crippen LogP contribution in [0.4, 0.5) is 5.69 Å². The van der Waals surface area contributed by atoms with Crippen molar-refractivity contribution < 1.29 is 14.3 Å². The van der Waals surface area contributed by atoms with Crippen molar-refractivity contribution in [2.75, 3.05) is 12.3 Å². The molecule has 0 heterocycles. The molecule has 5 nitrogen and oxygen atoms in total. The van der Waals surface area contributed by atoms with Crippen LogP contribution in [-0.2, 0) is 4.74 Å². The van der Waals surface area contributed by atoms with E-state index in [1.807, 2.05) is 6.92 Å². The van der Waals surface area contributed by atoms with E-state index in [4.69, 9.17) is 10.5 Å². The first-order chi connectivity index (χ1) is 8.74. The fourth-order valence-electron chi connectivity index (χ4n) is 1.49. The van der Waals surface area contributed by atoms with Crippen LogP contribution < -0.4 is 11.1 Å². The summed E-state index contributed by atoms with van der Waals surface area (Å²) < 4.78 is 5.23. The number of hydrogen-bond acceptors (Lipinski definition) is 4. The zero-order valence-electron chi connectivity index (χ0n) is 11.7. The second-order valence-electron chi connectivity index (χ2n) is 5.16. The average molecular weight is 264 g/mol. The zero-order valence-corrected chi connectivity index (χ0v) is 11.7. The number of carbonyl (C=O) groups is 2. The average Bonchev–Trinajstić information content (AvgIpc) is 2.26. The van der Waals surface area contributed by atoms with Gasteiger partial charge in [-0.1, -0.05) is 0 Å². The van der Waals surface area contributed by atoms with Crippen molar-refractivity contribution in [1.29, 1.82) is 0 Å². The van der Waals surface area contributed by atoms with Crippen LogP contribution in [-0.4, -0.2) is 24.0 Å². The van der Waals surface area contributed by atoms with E-state index >= 15 is 0 Å². The molecule has 0 aliphatic carbocycles. The molecule has 1 rings (SSSR count). The maximum Gasteiger partial charge on any atom is 0.338 e. The van der Waals surface area contributed by atoms with E-state index in [1.54, 1.807) is 20.8 Å². The van der Waals surface area contributed by atoms with Gasteiger partial charge in [0, 0.05) is 12.2 Å². The number of hydrogen-bond donors (Lipinski definition) is 2. The van der Waals surface area contributed by atoms with Gasteiger partial charge in [0.2, 0.25) is 0 Å². The minimum atomic E-state index is -0.565. The topological polar surface area (TPSA) is 81.4 Å². The molecule has 1 amide bonds. The largest absolute Gasteiger partial charge is 0.456 e. The highest BCUT2D eigenvalue weighted by Crippen LogP contribution is 2.17. The van der Waals surface area contributed by atoms with E-state index in [0.29, 0.717) is 17.7 Å². The van der Waals surface area contributed by atoms with Crippen LogP contribution in [0.25, 0.3) is 0 Å². The number of benzene rings is 1. The van der Waals surface area contributed by atoms with Gasteiger partial charge in [-0.3, -0.25) is 4.79 Å². The highest BCUT2D eigenvalue weighted by molar-refractivity contribution is 6.01. The number of nitrogens with one attached hydrogen (secondary N) is 1. The van der Waals surface area contributed by atoms with Crippen LogP contribution in [0.2, 0.25) is 0 Å². The Labute approximate surface area is 113 Å². The first-order valence-electron chi connectivity index (χ1n) is 6.15. The monoisotopic (exact) mass is 264 g/mol. The van der Waals surface area contributed by atoms with Gasteiger partial charge in [0.05, 0.1) is 11.1 Å². The molecule has 0 saturated heterocycles. The maximum atomic E-state index is 11.8. The van der Waals surface area contributed by atoms with Crippen molar-refractivity contribution in [2.45, 2.75) is 33.3 Å². The van der Waals surface area contributed by atoms with E-state index in [-0.39, 0.29) is 11.6 Å². The Morgan fingerprint density at radius 3 is 2.42 bits per heavy atom. The first-order valence-corrected chi connectivity index (χ1v) is 6.15. The lowest BCUT2D eigenvalue weighted by Crippen LogP contribution is -2.25. The summed E-state index contributed by atoms with van der Waals surface area (Å²) in [6, 6.07) is 4.52. The number of carbonyl (C=O) groups excluding carboxylic acids is 2. The number of ether oxygens (including phenoxy) is 1. The summed E-state index contributed by atoms with van der Waals surface area (Å²) in [7, 11) is 0. The molecular formula is C14H20N2O3. The predicted molar refractivity (Wildman–Crippen MR) is 74.0 cm³/mol. The van der Waals surface area contributed by atoms with Gasteiger partial charge in [0.15, 0.2) is 0 Å². The third kappa shape index (κ3) is 4.28. The lowest BCUT2D eigenvalue weighted by Gasteiger charge is -2.19. The lowest BCUT2D eigenvalue weighted by atomic mass is 10.1. The Hall–Kier alpha value is -2.04. The standard InChI is InChI=1S/C14H20N2O3/c1-5-16-12(17)10-7-6-9(8-11(10)15)13(18)19-14(2,3)4/h6-8H,5,15H2,1-4H3,(H,16,17). The molecule has 0 saturated carbocycles. The van der Waals surface area contributed by atoms with Crippen LogP contribution >= 0.6 is 0 Å². The van der Waals surface area contributed by atoms with Gasteiger partial charge in [-0.2, -0.15) is 0 Å². The van der Waals surface area contributed by atoms with E-state index < -0.39 is 11.6 Å². The molecule has 19 heavy (non-hydrogen) atoms. The summed E-state index contributed by atoms with van der Waals surface area (Å²) in [4.78, 5) is 23.5. The van der Waals surface area contributed by atoms with E-state index in [9.17, 15) is 9.59 Å². The summed E-state index contributed by atoms with van der Waals surface area (Å²) in [5.74, 6) is -0.711. The van der Waals surface area contributed by atoms with Crippen molar-refractivity contribution in [3.05, 3.63) is 29.3 Å². The van der Waals surface area contributed by atoms with Crippen molar-refractivity contribution in [1.82, 2.24) is 5.32 Å². The molecule has 0 atom stereocenters. The Balaban J connectivity index is 2.94. The quantitative estimate of drug-likeness (QED) is 0.646. The van der Waals surface area contributed by atoms with Crippen molar-refractivity contribution in [2.24, 2.45) is 0 Å². The molecule has 104 valence electrons. The fourth-order valence-corrected chi connectivity index (χ4v) is 1.49. The van der Waals surface area contributed by atoms with E-state index in [1.165, 1.54) is 18.2 Å².